The van der Waals surface area contributed by atoms with Crippen molar-refractivity contribution < 1.29 is 0 Å². The lowest BCUT2D eigenvalue weighted by Gasteiger charge is -2.30. The van der Waals surface area contributed by atoms with Crippen molar-refractivity contribution in [3.63, 3.8) is 0 Å². The van der Waals surface area contributed by atoms with E-state index in [1.165, 1.54) is 22.0 Å². The largest absolute Gasteiger partial charge is 0.361 e. The fourth-order valence-electron chi connectivity index (χ4n) is 2.86. The van der Waals surface area contributed by atoms with Crippen LogP contribution in [0.1, 0.15) is 11.1 Å². The molecule has 1 unspecified atom stereocenters. The average Bonchev–Trinajstić information content (AvgIpc) is 2.72. The molecule has 0 aliphatic carbocycles. The highest BCUT2D eigenvalue weighted by atomic mass is 15.2. The first-order valence-electron chi connectivity index (χ1n) is 6.71. The van der Waals surface area contributed by atoms with Gasteiger partial charge in [-0.15, -0.1) is 0 Å². The van der Waals surface area contributed by atoms with Gasteiger partial charge in [0, 0.05) is 42.8 Å². The van der Waals surface area contributed by atoms with Crippen LogP contribution in [0.5, 0.6) is 0 Å². The third-order valence-corrected chi connectivity index (χ3v) is 3.85. The molecule has 1 aromatic carbocycles. The SMILES string of the molecule is Cc1ccc2c(CC3CN(C)CCN3)c[nH]c2c1. The van der Waals surface area contributed by atoms with Crippen LogP contribution in [0.4, 0.5) is 0 Å². The highest BCUT2D eigenvalue weighted by molar-refractivity contribution is 5.83. The van der Waals surface area contributed by atoms with Gasteiger partial charge < -0.3 is 15.2 Å². The van der Waals surface area contributed by atoms with Crippen LogP contribution in [-0.4, -0.2) is 42.6 Å². The minimum absolute atomic E-state index is 0.573. The minimum Gasteiger partial charge on any atom is -0.361 e. The molecule has 0 bridgehead atoms. The second kappa shape index (κ2) is 4.75. The summed E-state index contributed by atoms with van der Waals surface area (Å²) in [4.78, 5) is 5.79. The molecule has 3 nitrogen and oxygen atoms in total. The molecular weight excluding hydrogens is 222 g/mol. The van der Waals surface area contributed by atoms with E-state index >= 15 is 0 Å². The van der Waals surface area contributed by atoms with Crippen LogP contribution in [0.15, 0.2) is 24.4 Å². The lowest BCUT2D eigenvalue weighted by Crippen LogP contribution is -2.49. The van der Waals surface area contributed by atoms with Crippen LogP contribution in [0.25, 0.3) is 10.9 Å². The van der Waals surface area contributed by atoms with Gasteiger partial charge in [-0.1, -0.05) is 12.1 Å². The summed E-state index contributed by atoms with van der Waals surface area (Å²) in [6.07, 6.45) is 3.27. The lowest BCUT2D eigenvalue weighted by atomic mass is 10.0. The van der Waals surface area contributed by atoms with E-state index < -0.39 is 0 Å². The van der Waals surface area contributed by atoms with Crippen LogP contribution in [0.3, 0.4) is 0 Å². The Morgan fingerprint density at radius 3 is 3.11 bits per heavy atom. The van der Waals surface area contributed by atoms with E-state index in [-0.39, 0.29) is 0 Å². The highest BCUT2D eigenvalue weighted by Crippen LogP contribution is 2.21. The summed E-state index contributed by atoms with van der Waals surface area (Å²) >= 11 is 0. The summed E-state index contributed by atoms with van der Waals surface area (Å²) in [6.45, 7) is 5.53. The standard InChI is InChI=1S/C15H21N3/c1-11-3-4-14-12(9-17-15(14)7-11)8-13-10-18(2)6-5-16-13/h3-4,7,9,13,16-17H,5-6,8,10H2,1-2H3. The van der Waals surface area contributed by atoms with Gasteiger partial charge in [0.1, 0.15) is 0 Å². The second-order valence-corrected chi connectivity index (χ2v) is 5.48. The number of aromatic nitrogens is 1. The molecular formula is C15H21N3. The van der Waals surface area contributed by atoms with Crippen molar-refractivity contribution in [3.05, 3.63) is 35.5 Å². The van der Waals surface area contributed by atoms with Crippen molar-refractivity contribution in [1.82, 2.24) is 15.2 Å². The third-order valence-electron chi connectivity index (χ3n) is 3.85. The number of piperazine rings is 1. The van der Waals surface area contributed by atoms with Crippen LogP contribution in [-0.2, 0) is 6.42 Å². The molecule has 2 aromatic rings. The molecule has 1 fully saturated rings. The Kier molecular flexibility index (Phi) is 3.10. The van der Waals surface area contributed by atoms with E-state index in [0.29, 0.717) is 6.04 Å². The van der Waals surface area contributed by atoms with Crippen molar-refractivity contribution >= 4 is 10.9 Å². The lowest BCUT2D eigenvalue weighted by molar-refractivity contribution is 0.238. The number of fused-ring (bicyclic) bond motifs is 1. The van der Waals surface area contributed by atoms with Gasteiger partial charge in [-0.3, -0.25) is 0 Å². The molecule has 1 atom stereocenters. The Morgan fingerprint density at radius 1 is 1.39 bits per heavy atom. The molecule has 18 heavy (non-hydrogen) atoms. The van der Waals surface area contributed by atoms with Gasteiger partial charge in [0.2, 0.25) is 0 Å². The first-order valence-corrected chi connectivity index (χ1v) is 6.71. The minimum atomic E-state index is 0.573. The molecule has 2 N–H and O–H groups in total. The monoisotopic (exact) mass is 243 g/mol. The maximum Gasteiger partial charge on any atom is 0.0459 e. The maximum absolute atomic E-state index is 3.61. The van der Waals surface area contributed by atoms with Crippen LogP contribution >= 0.6 is 0 Å². The van der Waals surface area contributed by atoms with Gasteiger partial charge in [-0.05, 0) is 37.6 Å². The molecule has 3 heteroatoms. The smallest absolute Gasteiger partial charge is 0.0459 e. The molecule has 1 saturated heterocycles. The molecule has 0 radical (unpaired) electrons. The van der Waals surface area contributed by atoms with Crippen molar-refractivity contribution in [3.8, 4) is 0 Å². The molecule has 2 heterocycles. The highest BCUT2D eigenvalue weighted by Gasteiger charge is 2.17. The van der Waals surface area contributed by atoms with E-state index in [2.05, 4.69) is 53.6 Å². The Labute approximate surface area is 108 Å². The summed E-state index contributed by atoms with van der Waals surface area (Å²) in [5.41, 5.74) is 4.00. The number of H-pyrrole nitrogens is 1. The van der Waals surface area contributed by atoms with Gasteiger partial charge in [-0.25, -0.2) is 0 Å². The quantitative estimate of drug-likeness (QED) is 0.844. The van der Waals surface area contributed by atoms with Crippen molar-refractivity contribution in [2.45, 2.75) is 19.4 Å². The number of benzene rings is 1. The average molecular weight is 243 g/mol. The summed E-state index contributed by atoms with van der Waals surface area (Å²) < 4.78 is 0. The topological polar surface area (TPSA) is 31.1 Å². The molecule has 1 aliphatic heterocycles. The second-order valence-electron chi connectivity index (χ2n) is 5.48. The van der Waals surface area contributed by atoms with Crippen LogP contribution in [0, 0.1) is 6.92 Å². The normalized spacial score (nSPS) is 21.6. The third kappa shape index (κ3) is 2.28. The number of rotatable bonds is 2. The zero-order valence-corrected chi connectivity index (χ0v) is 11.2. The number of hydrogen-bond acceptors (Lipinski definition) is 2. The molecule has 1 aromatic heterocycles. The predicted octanol–water partition coefficient (Wildman–Crippen LogP) is 1.92. The first kappa shape index (κ1) is 11.8. The predicted molar refractivity (Wildman–Crippen MR) is 76.0 cm³/mol. The van der Waals surface area contributed by atoms with Gasteiger partial charge in [-0.2, -0.15) is 0 Å². The number of aryl methyl sites for hydroxylation is 1. The van der Waals surface area contributed by atoms with E-state index in [4.69, 9.17) is 0 Å². The van der Waals surface area contributed by atoms with Gasteiger partial charge in [0.25, 0.3) is 0 Å². The molecule has 0 saturated carbocycles. The Bertz CT molecular complexity index is 544. The molecule has 3 rings (SSSR count). The summed E-state index contributed by atoms with van der Waals surface area (Å²) in [5, 5.41) is 4.98. The number of hydrogen-bond donors (Lipinski definition) is 2. The Hall–Kier alpha value is -1.32. The number of nitrogens with zero attached hydrogens (tertiary/aromatic N) is 1. The van der Waals surface area contributed by atoms with Crippen molar-refractivity contribution in [2.24, 2.45) is 0 Å². The first-order chi connectivity index (χ1) is 8.72. The van der Waals surface area contributed by atoms with Gasteiger partial charge in [0.15, 0.2) is 0 Å². The van der Waals surface area contributed by atoms with E-state index in [9.17, 15) is 0 Å². The number of nitrogens with one attached hydrogen (secondary N) is 2. The fourth-order valence-corrected chi connectivity index (χ4v) is 2.86. The van der Waals surface area contributed by atoms with Crippen LogP contribution < -0.4 is 5.32 Å². The molecule has 96 valence electrons. The van der Waals surface area contributed by atoms with Gasteiger partial charge >= 0.3 is 0 Å². The van der Waals surface area contributed by atoms with Gasteiger partial charge in [0.05, 0.1) is 0 Å². The van der Waals surface area contributed by atoms with Crippen molar-refractivity contribution in [2.75, 3.05) is 26.7 Å². The zero-order chi connectivity index (χ0) is 12.5. The Balaban J connectivity index is 1.82. The van der Waals surface area contributed by atoms with Crippen LogP contribution in [0.2, 0.25) is 0 Å². The molecule has 0 amide bonds. The van der Waals surface area contributed by atoms with E-state index in [1.54, 1.807) is 0 Å². The summed E-state index contributed by atoms with van der Waals surface area (Å²) in [7, 11) is 2.20. The van der Waals surface area contributed by atoms with Crippen molar-refractivity contribution in [1.29, 1.82) is 0 Å². The van der Waals surface area contributed by atoms with E-state index in [0.717, 1.165) is 26.1 Å². The summed E-state index contributed by atoms with van der Waals surface area (Å²) in [5.74, 6) is 0. The Morgan fingerprint density at radius 2 is 2.28 bits per heavy atom. The molecule has 0 spiro atoms. The zero-order valence-electron chi connectivity index (χ0n) is 11.2. The number of likely N-dealkylation sites (N-methyl/N-ethyl adjacent to an activating group) is 1. The summed E-state index contributed by atoms with van der Waals surface area (Å²) in [6, 6.07) is 7.23. The maximum atomic E-state index is 3.61. The molecule has 1 aliphatic rings. The van der Waals surface area contributed by atoms with E-state index in [1.807, 2.05) is 0 Å². The fraction of sp³-hybridized carbons (Fsp3) is 0.467. The number of aromatic amines is 1.